The van der Waals surface area contributed by atoms with Crippen LogP contribution < -0.4 is 4.90 Å². The maximum absolute atomic E-state index is 12.6. The minimum absolute atomic E-state index is 0.00572. The third kappa shape index (κ3) is 2.99. The highest BCUT2D eigenvalue weighted by Gasteiger charge is 2.31. The van der Waals surface area contributed by atoms with Crippen molar-refractivity contribution in [2.75, 3.05) is 11.9 Å². The predicted molar refractivity (Wildman–Crippen MR) is 70.6 cm³/mol. The summed E-state index contributed by atoms with van der Waals surface area (Å²) in [6.07, 6.45) is -4.46. The van der Waals surface area contributed by atoms with E-state index in [1.54, 1.807) is 30.3 Å². The van der Waals surface area contributed by atoms with Crippen molar-refractivity contribution in [3.63, 3.8) is 0 Å². The van der Waals surface area contributed by atoms with E-state index in [1.807, 2.05) is 0 Å². The number of amides is 1. The molecule has 0 aliphatic heterocycles. The minimum Gasteiger partial charge on any atom is -0.311 e. The quantitative estimate of drug-likeness (QED) is 0.814. The van der Waals surface area contributed by atoms with Crippen LogP contribution in [-0.2, 0) is 6.18 Å². The Morgan fingerprint density at radius 1 is 1.00 bits per heavy atom. The second-order valence-electron chi connectivity index (χ2n) is 4.28. The molecule has 2 nitrogen and oxygen atoms in total. The number of nitrogens with zero attached hydrogens (tertiary/aromatic N) is 1. The number of benzene rings is 2. The molecule has 0 atom stereocenters. The van der Waals surface area contributed by atoms with Crippen molar-refractivity contribution in [2.24, 2.45) is 0 Å². The zero-order valence-corrected chi connectivity index (χ0v) is 10.7. The highest BCUT2D eigenvalue weighted by Crippen LogP contribution is 2.30. The van der Waals surface area contributed by atoms with Gasteiger partial charge in [0.15, 0.2) is 0 Å². The van der Waals surface area contributed by atoms with Crippen molar-refractivity contribution >= 4 is 11.6 Å². The Hall–Kier alpha value is -2.30. The summed E-state index contributed by atoms with van der Waals surface area (Å²) >= 11 is 0. The van der Waals surface area contributed by atoms with E-state index >= 15 is 0 Å². The fourth-order valence-electron chi connectivity index (χ4n) is 1.79. The van der Waals surface area contributed by atoms with Crippen molar-refractivity contribution in [1.29, 1.82) is 0 Å². The average molecular weight is 279 g/mol. The molecule has 0 spiro atoms. The Balaban J connectivity index is 2.30. The van der Waals surface area contributed by atoms with E-state index in [0.29, 0.717) is 5.69 Å². The molecule has 2 rings (SSSR count). The molecule has 0 saturated heterocycles. The van der Waals surface area contributed by atoms with E-state index in [1.165, 1.54) is 24.1 Å². The number of carbonyl (C=O) groups excluding carboxylic acids is 1. The highest BCUT2D eigenvalue weighted by molar-refractivity contribution is 6.05. The molecule has 0 aliphatic carbocycles. The Bertz CT molecular complexity index is 608. The monoisotopic (exact) mass is 279 g/mol. The van der Waals surface area contributed by atoms with E-state index in [0.717, 1.165) is 12.1 Å². The lowest BCUT2D eigenvalue weighted by Crippen LogP contribution is -2.26. The normalized spacial score (nSPS) is 11.2. The van der Waals surface area contributed by atoms with E-state index in [2.05, 4.69) is 0 Å². The van der Waals surface area contributed by atoms with Gasteiger partial charge in [-0.3, -0.25) is 4.79 Å². The topological polar surface area (TPSA) is 20.3 Å². The van der Waals surface area contributed by atoms with Gasteiger partial charge in [0.25, 0.3) is 5.91 Å². The lowest BCUT2D eigenvalue weighted by atomic mass is 10.1. The third-order valence-corrected chi connectivity index (χ3v) is 2.88. The lowest BCUT2D eigenvalue weighted by Gasteiger charge is -2.18. The standard InChI is InChI=1S/C15H12F3NO/c1-19(13-8-3-2-4-9-13)14(20)11-6-5-7-12(10-11)15(16,17)18/h2-10H,1H3. The first-order valence-corrected chi connectivity index (χ1v) is 5.90. The van der Waals surface area contributed by atoms with E-state index < -0.39 is 17.6 Å². The van der Waals surface area contributed by atoms with Crippen LogP contribution >= 0.6 is 0 Å². The van der Waals surface area contributed by atoms with Gasteiger partial charge in [-0.15, -0.1) is 0 Å². The van der Waals surface area contributed by atoms with Gasteiger partial charge in [-0.05, 0) is 30.3 Å². The van der Waals surface area contributed by atoms with Gasteiger partial charge in [-0.1, -0.05) is 24.3 Å². The van der Waals surface area contributed by atoms with Crippen LogP contribution in [0.5, 0.6) is 0 Å². The summed E-state index contributed by atoms with van der Waals surface area (Å²) < 4.78 is 37.9. The smallest absolute Gasteiger partial charge is 0.311 e. The zero-order chi connectivity index (χ0) is 14.8. The number of halogens is 3. The molecule has 0 heterocycles. The molecule has 2 aromatic carbocycles. The van der Waals surface area contributed by atoms with E-state index in [4.69, 9.17) is 0 Å². The Labute approximate surface area is 114 Å². The van der Waals surface area contributed by atoms with Crippen LogP contribution in [0.2, 0.25) is 0 Å². The van der Waals surface area contributed by atoms with Crippen molar-refractivity contribution in [3.05, 3.63) is 65.7 Å². The molecule has 20 heavy (non-hydrogen) atoms. The van der Waals surface area contributed by atoms with Gasteiger partial charge in [0.2, 0.25) is 0 Å². The summed E-state index contributed by atoms with van der Waals surface area (Å²) in [5, 5.41) is 0. The highest BCUT2D eigenvalue weighted by atomic mass is 19.4. The molecule has 104 valence electrons. The first-order chi connectivity index (χ1) is 9.39. The lowest BCUT2D eigenvalue weighted by molar-refractivity contribution is -0.137. The molecule has 2 aromatic rings. The van der Waals surface area contributed by atoms with Gasteiger partial charge in [0.05, 0.1) is 5.56 Å². The van der Waals surface area contributed by atoms with Gasteiger partial charge in [-0.2, -0.15) is 13.2 Å². The maximum atomic E-state index is 12.6. The van der Waals surface area contributed by atoms with Gasteiger partial charge >= 0.3 is 6.18 Å². The molecule has 0 aromatic heterocycles. The maximum Gasteiger partial charge on any atom is 0.416 e. The van der Waals surface area contributed by atoms with Gasteiger partial charge in [0.1, 0.15) is 0 Å². The SMILES string of the molecule is CN(C(=O)c1cccc(C(F)(F)F)c1)c1ccccc1. The second kappa shape index (κ2) is 5.36. The number of hydrogen-bond acceptors (Lipinski definition) is 1. The predicted octanol–water partition coefficient (Wildman–Crippen LogP) is 3.98. The first-order valence-electron chi connectivity index (χ1n) is 5.90. The number of carbonyl (C=O) groups is 1. The van der Waals surface area contributed by atoms with Gasteiger partial charge < -0.3 is 4.90 Å². The third-order valence-electron chi connectivity index (χ3n) is 2.88. The summed E-state index contributed by atoms with van der Waals surface area (Å²) in [6.45, 7) is 0. The Morgan fingerprint density at radius 3 is 2.25 bits per heavy atom. The average Bonchev–Trinajstić information content (AvgIpc) is 2.46. The van der Waals surface area contributed by atoms with E-state index in [9.17, 15) is 18.0 Å². The molecule has 0 radical (unpaired) electrons. The van der Waals surface area contributed by atoms with Crippen molar-refractivity contribution in [1.82, 2.24) is 0 Å². The van der Waals surface area contributed by atoms with Gasteiger partial charge in [-0.25, -0.2) is 0 Å². The van der Waals surface area contributed by atoms with Crippen LogP contribution in [0.1, 0.15) is 15.9 Å². The van der Waals surface area contributed by atoms with E-state index in [-0.39, 0.29) is 5.56 Å². The molecular weight excluding hydrogens is 267 g/mol. The fourth-order valence-corrected chi connectivity index (χ4v) is 1.79. The zero-order valence-electron chi connectivity index (χ0n) is 10.7. The summed E-state index contributed by atoms with van der Waals surface area (Å²) in [4.78, 5) is 13.5. The number of rotatable bonds is 2. The minimum atomic E-state index is -4.46. The van der Waals surface area contributed by atoms with Crippen LogP contribution in [0.3, 0.4) is 0 Å². The van der Waals surface area contributed by atoms with Crippen LogP contribution in [0.15, 0.2) is 54.6 Å². The molecule has 1 amide bonds. The largest absolute Gasteiger partial charge is 0.416 e. The second-order valence-corrected chi connectivity index (χ2v) is 4.28. The number of anilines is 1. The molecule has 0 N–H and O–H groups in total. The van der Waals surface area contributed by atoms with Crippen molar-refractivity contribution in [3.8, 4) is 0 Å². The van der Waals surface area contributed by atoms with Crippen LogP contribution in [-0.4, -0.2) is 13.0 Å². The van der Waals surface area contributed by atoms with Crippen LogP contribution in [0.4, 0.5) is 18.9 Å². The molecular formula is C15H12F3NO. The van der Waals surface area contributed by atoms with Gasteiger partial charge in [0, 0.05) is 18.3 Å². The first kappa shape index (κ1) is 14.1. The van der Waals surface area contributed by atoms with Crippen LogP contribution in [0, 0.1) is 0 Å². The molecule has 0 unspecified atom stereocenters. The molecule has 5 heteroatoms. The summed E-state index contributed by atoms with van der Waals surface area (Å²) in [5.74, 6) is -0.484. The number of alkyl halides is 3. The van der Waals surface area contributed by atoms with Crippen molar-refractivity contribution < 1.29 is 18.0 Å². The van der Waals surface area contributed by atoms with Crippen molar-refractivity contribution in [2.45, 2.75) is 6.18 Å². The number of para-hydroxylation sites is 1. The Morgan fingerprint density at radius 2 is 1.65 bits per heavy atom. The summed E-state index contributed by atoms with van der Waals surface area (Å²) in [6, 6.07) is 13.1. The number of hydrogen-bond donors (Lipinski definition) is 0. The summed E-state index contributed by atoms with van der Waals surface area (Å²) in [7, 11) is 1.53. The molecule has 0 saturated carbocycles. The molecule has 0 bridgehead atoms. The summed E-state index contributed by atoms with van der Waals surface area (Å²) in [5.41, 5.74) is -0.203. The molecule has 0 fully saturated rings. The molecule has 0 aliphatic rings. The van der Waals surface area contributed by atoms with Crippen LogP contribution in [0.25, 0.3) is 0 Å². The Kier molecular flexibility index (Phi) is 3.79. The fraction of sp³-hybridized carbons (Fsp3) is 0.133.